The Kier molecular flexibility index (Phi) is 4.47. The fourth-order valence-corrected chi connectivity index (χ4v) is 3.82. The van der Waals surface area contributed by atoms with Crippen LogP contribution in [0, 0.1) is 0 Å². The number of nitrogens with zero attached hydrogens (tertiary/aromatic N) is 4. The van der Waals surface area contributed by atoms with Crippen LogP contribution in [0.25, 0.3) is 57.0 Å². The third-order valence-electron chi connectivity index (χ3n) is 5.41. The number of rotatable bonds is 5. The molecule has 160 valence electrons. The Balaban J connectivity index is 1.23. The Morgan fingerprint density at radius 1 is 0.758 bits per heavy atom. The lowest BCUT2D eigenvalue weighted by Crippen LogP contribution is -1.80. The highest BCUT2D eigenvalue weighted by Gasteiger charge is 2.06. The van der Waals surface area contributed by atoms with E-state index in [-0.39, 0.29) is 0 Å². The van der Waals surface area contributed by atoms with Crippen LogP contribution in [-0.2, 0) is 0 Å². The number of hydrogen-bond donors (Lipinski definition) is 4. The van der Waals surface area contributed by atoms with Gasteiger partial charge in [-0.25, -0.2) is 19.9 Å². The van der Waals surface area contributed by atoms with E-state index in [2.05, 4.69) is 45.9 Å². The van der Waals surface area contributed by atoms with Crippen LogP contribution in [0.1, 0.15) is 18.6 Å². The molecule has 8 nitrogen and oxygen atoms in total. The summed E-state index contributed by atoms with van der Waals surface area (Å²) in [7, 11) is 0. The van der Waals surface area contributed by atoms with Crippen molar-refractivity contribution >= 4 is 34.2 Å². The highest BCUT2D eigenvalue weighted by atomic mass is 14.9. The fourth-order valence-electron chi connectivity index (χ4n) is 3.82. The van der Waals surface area contributed by atoms with Gasteiger partial charge in [0, 0.05) is 35.9 Å². The normalized spacial score (nSPS) is 12.5. The second-order valence-corrected chi connectivity index (χ2v) is 7.81. The largest absolute Gasteiger partial charge is 0.345 e. The van der Waals surface area contributed by atoms with E-state index in [1.807, 2.05) is 67.9 Å². The van der Waals surface area contributed by atoms with E-state index in [0.717, 1.165) is 62.1 Å². The van der Waals surface area contributed by atoms with Gasteiger partial charge in [0.2, 0.25) is 0 Å². The van der Waals surface area contributed by atoms with Gasteiger partial charge in [0.25, 0.3) is 0 Å². The second kappa shape index (κ2) is 7.76. The lowest BCUT2D eigenvalue weighted by atomic mass is 10.2. The molecule has 0 aliphatic rings. The van der Waals surface area contributed by atoms with Crippen LogP contribution in [0.3, 0.4) is 0 Å². The number of fused-ring (bicyclic) bond motifs is 2. The lowest BCUT2D eigenvalue weighted by molar-refractivity contribution is 1.28. The summed E-state index contributed by atoms with van der Waals surface area (Å²) in [6.07, 6.45) is 13.1. The van der Waals surface area contributed by atoms with E-state index in [4.69, 9.17) is 0 Å². The third-order valence-corrected chi connectivity index (χ3v) is 5.41. The van der Waals surface area contributed by atoms with Gasteiger partial charge in [-0.1, -0.05) is 6.08 Å². The summed E-state index contributed by atoms with van der Waals surface area (Å²) in [5.74, 6) is 3.27. The number of aromatic amines is 4. The van der Waals surface area contributed by atoms with Crippen molar-refractivity contribution in [2.45, 2.75) is 6.92 Å². The minimum absolute atomic E-state index is 0.794. The van der Waals surface area contributed by atoms with Crippen LogP contribution < -0.4 is 0 Å². The minimum atomic E-state index is 0.794. The van der Waals surface area contributed by atoms with E-state index in [1.54, 1.807) is 12.4 Å². The predicted octanol–water partition coefficient (Wildman–Crippen LogP) is 5.34. The summed E-state index contributed by atoms with van der Waals surface area (Å²) < 4.78 is 0. The maximum Gasteiger partial charge on any atom is 0.137 e. The van der Waals surface area contributed by atoms with Crippen LogP contribution in [0.4, 0.5) is 0 Å². The van der Waals surface area contributed by atoms with Crippen molar-refractivity contribution in [2.24, 2.45) is 0 Å². The molecule has 0 fully saturated rings. The number of nitrogens with one attached hydrogen (secondary N) is 4. The topological polar surface area (TPSA) is 115 Å². The van der Waals surface area contributed by atoms with Gasteiger partial charge >= 0.3 is 0 Å². The van der Waals surface area contributed by atoms with Crippen LogP contribution >= 0.6 is 0 Å². The van der Waals surface area contributed by atoms with E-state index in [1.165, 1.54) is 0 Å². The Hall–Kier alpha value is -4.72. The zero-order chi connectivity index (χ0) is 22.2. The molecule has 4 N–H and O–H groups in total. The number of aromatic nitrogens is 8. The summed E-state index contributed by atoms with van der Waals surface area (Å²) in [5.41, 5.74) is 6.85. The molecule has 6 rings (SSSR count). The highest BCUT2D eigenvalue weighted by molar-refractivity contribution is 5.83. The second-order valence-electron chi connectivity index (χ2n) is 7.81. The smallest absolute Gasteiger partial charge is 0.137 e. The molecule has 0 aliphatic heterocycles. The molecule has 8 heteroatoms. The number of imidazole rings is 4. The van der Waals surface area contributed by atoms with Crippen LogP contribution in [-0.4, -0.2) is 39.9 Å². The molecule has 4 aromatic heterocycles. The van der Waals surface area contributed by atoms with Gasteiger partial charge in [-0.3, -0.25) is 0 Å². The highest BCUT2D eigenvalue weighted by Crippen LogP contribution is 2.22. The Morgan fingerprint density at radius 2 is 1.33 bits per heavy atom. The van der Waals surface area contributed by atoms with Crippen molar-refractivity contribution in [3.8, 4) is 22.8 Å². The number of allylic oxidation sites excluding steroid dienone is 2. The monoisotopic (exact) mass is 432 g/mol. The molecule has 0 amide bonds. The number of H-pyrrole nitrogens is 4. The first-order valence-electron chi connectivity index (χ1n) is 10.6. The van der Waals surface area contributed by atoms with Gasteiger partial charge in [-0.15, -0.1) is 0 Å². The summed E-state index contributed by atoms with van der Waals surface area (Å²) in [6.45, 7) is 2.04. The molecule has 0 aliphatic carbocycles. The molecule has 0 saturated carbocycles. The summed E-state index contributed by atoms with van der Waals surface area (Å²) in [5, 5.41) is 0. The molecule has 6 aromatic rings. The number of hydrogen-bond acceptors (Lipinski definition) is 4. The molecule has 33 heavy (non-hydrogen) atoms. The van der Waals surface area contributed by atoms with Crippen molar-refractivity contribution in [3.05, 3.63) is 84.5 Å². The minimum Gasteiger partial charge on any atom is -0.345 e. The molecule has 0 saturated heterocycles. The lowest BCUT2D eigenvalue weighted by Gasteiger charge is -1.95. The summed E-state index contributed by atoms with van der Waals surface area (Å²) in [4.78, 5) is 30.9. The maximum atomic E-state index is 4.67. The van der Waals surface area contributed by atoms with Crippen LogP contribution in [0.5, 0.6) is 0 Å². The van der Waals surface area contributed by atoms with Crippen molar-refractivity contribution < 1.29 is 0 Å². The average molecular weight is 432 g/mol. The molecule has 0 unspecified atom stereocenters. The molecule has 2 aromatic carbocycles. The SMILES string of the molecule is CC(C=Cc1nc2ccc(-c3ncc[nH]3)cc2[nH]1)=Cc1nc2ccc(-c3ncc[nH]3)cc2[nH]1. The van der Waals surface area contributed by atoms with E-state index in [0.29, 0.717) is 0 Å². The summed E-state index contributed by atoms with van der Waals surface area (Å²) >= 11 is 0. The Labute approximate surface area is 188 Å². The third kappa shape index (κ3) is 3.74. The molecular weight excluding hydrogens is 412 g/mol. The molecule has 0 spiro atoms. The molecular formula is C25H20N8. The first-order chi connectivity index (χ1) is 16.2. The van der Waals surface area contributed by atoms with Crippen molar-refractivity contribution in [1.29, 1.82) is 0 Å². The average Bonchev–Trinajstić information content (AvgIpc) is 3.62. The van der Waals surface area contributed by atoms with E-state index in [9.17, 15) is 0 Å². The Morgan fingerprint density at radius 3 is 1.91 bits per heavy atom. The quantitative estimate of drug-likeness (QED) is 0.275. The molecule has 0 atom stereocenters. The van der Waals surface area contributed by atoms with Gasteiger partial charge < -0.3 is 19.9 Å². The van der Waals surface area contributed by atoms with Crippen molar-refractivity contribution in [2.75, 3.05) is 0 Å². The van der Waals surface area contributed by atoms with Crippen molar-refractivity contribution in [3.63, 3.8) is 0 Å². The van der Waals surface area contributed by atoms with Crippen LogP contribution in [0.15, 0.2) is 72.8 Å². The van der Waals surface area contributed by atoms with Crippen LogP contribution in [0.2, 0.25) is 0 Å². The van der Waals surface area contributed by atoms with E-state index >= 15 is 0 Å². The van der Waals surface area contributed by atoms with Gasteiger partial charge in [-0.05, 0) is 61.0 Å². The van der Waals surface area contributed by atoms with Gasteiger partial charge in [0.1, 0.15) is 23.3 Å². The fraction of sp³-hybridized carbons (Fsp3) is 0.0400. The Bertz CT molecular complexity index is 1610. The van der Waals surface area contributed by atoms with Gasteiger partial charge in [0.15, 0.2) is 0 Å². The first kappa shape index (κ1) is 19.0. The standard InChI is InChI=1S/C25H20N8/c1-15(12-23-31-19-6-4-17(14-21(19)33-23)25-28-10-11-29-25)2-7-22-30-18-5-3-16(13-20(18)32-22)24-26-8-9-27-24/h2-14H,1H3,(H,26,27)(H,28,29)(H,30,32)(H,31,33). The van der Waals surface area contributed by atoms with Crippen molar-refractivity contribution in [1.82, 2.24) is 39.9 Å². The number of benzene rings is 2. The zero-order valence-electron chi connectivity index (χ0n) is 17.8. The van der Waals surface area contributed by atoms with Gasteiger partial charge in [-0.2, -0.15) is 0 Å². The molecule has 0 bridgehead atoms. The molecule has 0 radical (unpaired) electrons. The van der Waals surface area contributed by atoms with E-state index < -0.39 is 0 Å². The zero-order valence-corrected chi connectivity index (χ0v) is 17.8. The van der Waals surface area contributed by atoms with Gasteiger partial charge in [0.05, 0.1) is 22.1 Å². The molecule has 4 heterocycles. The predicted molar refractivity (Wildman–Crippen MR) is 130 cm³/mol. The summed E-state index contributed by atoms with van der Waals surface area (Å²) in [6, 6.07) is 12.1. The first-order valence-corrected chi connectivity index (χ1v) is 10.6. The maximum absolute atomic E-state index is 4.67.